The minimum Gasteiger partial charge on any atom is -0.261 e. The lowest BCUT2D eigenvalue weighted by molar-refractivity contribution is 0.711. The summed E-state index contributed by atoms with van der Waals surface area (Å²) in [6.07, 6.45) is 6.64. The van der Waals surface area contributed by atoms with Crippen molar-refractivity contribution in [1.82, 2.24) is 19.7 Å². The molecule has 82 valence electrons. The molecule has 0 aromatic carbocycles. The van der Waals surface area contributed by atoms with Crippen LogP contribution in [0.5, 0.6) is 0 Å². The van der Waals surface area contributed by atoms with Crippen LogP contribution in [0.4, 0.5) is 0 Å². The van der Waals surface area contributed by atoms with E-state index in [4.69, 9.17) is 10.5 Å². The maximum atomic E-state index is 8.74. The van der Waals surface area contributed by atoms with E-state index in [1.54, 1.807) is 24.8 Å². The van der Waals surface area contributed by atoms with E-state index in [0.29, 0.717) is 11.4 Å². The van der Waals surface area contributed by atoms with Crippen LogP contribution in [0.25, 0.3) is 11.4 Å². The minimum atomic E-state index is 0.151. The maximum Gasteiger partial charge on any atom is 0.128 e. The van der Waals surface area contributed by atoms with Crippen LogP contribution >= 0.6 is 0 Å². The summed E-state index contributed by atoms with van der Waals surface area (Å²) < 4.78 is 1.50. The molecule has 0 fully saturated rings. The van der Waals surface area contributed by atoms with Crippen molar-refractivity contribution in [3.8, 4) is 23.5 Å². The van der Waals surface area contributed by atoms with E-state index in [9.17, 15) is 0 Å². The van der Waals surface area contributed by atoms with Gasteiger partial charge < -0.3 is 0 Å². The first-order chi connectivity index (χ1) is 8.35. The third kappa shape index (κ3) is 2.27. The molecule has 0 saturated carbocycles. The fourth-order valence-corrected chi connectivity index (χ4v) is 1.47. The molecule has 2 aromatic rings. The van der Waals surface area contributed by atoms with Crippen molar-refractivity contribution in [2.45, 2.75) is 13.0 Å². The van der Waals surface area contributed by atoms with Crippen molar-refractivity contribution in [2.75, 3.05) is 0 Å². The van der Waals surface area contributed by atoms with Gasteiger partial charge in [0.15, 0.2) is 0 Å². The normalized spacial score (nSPS) is 9.53. The third-order valence-electron chi connectivity index (χ3n) is 2.15. The molecule has 2 rings (SSSR count). The van der Waals surface area contributed by atoms with Gasteiger partial charge in [0.2, 0.25) is 0 Å². The van der Waals surface area contributed by atoms with Gasteiger partial charge in [-0.05, 0) is 0 Å². The summed E-state index contributed by atoms with van der Waals surface area (Å²) >= 11 is 0. The zero-order valence-electron chi connectivity index (χ0n) is 8.91. The van der Waals surface area contributed by atoms with Gasteiger partial charge in [-0.2, -0.15) is 15.6 Å². The predicted octanol–water partition coefficient (Wildman–Crippen LogP) is 0.930. The molecular weight excluding hydrogens is 216 g/mol. The number of hydrogen-bond donors (Lipinski definition) is 0. The fraction of sp³-hybridized carbons (Fsp3) is 0.182. The molecule has 2 heterocycles. The number of aromatic nitrogens is 4. The molecule has 6 nitrogen and oxygen atoms in total. The summed E-state index contributed by atoms with van der Waals surface area (Å²) in [4.78, 5) is 8.09. The van der Waals surface area contributed by atoms with Crippen LogP contribution in [0.15, 0.2) is 24.8 Å². The van der Waals surface area contributed by atoms with Gasteiger partial charge in [0.1, 0.15) is 17.9 Å². The quantitative estimate of drug-likeness (QED) is 0.773. The van der Waals surface area contributed by atoms with Gasteiger partial charge in [-0.15, -0.1) is 0 Å². The second kappa shape index (κ2) is 4.86. The minimum absolute atomic E-state index is 0.151. The van der Waals surface area contributed by atoms with Gasteiger partial charge in [0, 0.05) is 24.2 Å². The summed E-state index contributed by atoms with van der Waals surface area (Å²) in [6, 6.07) is 4.06. The summed E-state index contributed by atoms with van der Waals surface area (Å²) in [5.74, 6) is 0. The van der Waals surface area contributed by atoms with Gasteiger partial charge in [-0.3, -0.25) is 14.6 Å². The van der Waals surface area contributed by atoms with Crippen molar-refractivity contribution in [3.05, 3.63) is 30.4 Å². The largest absolute Gasteiger partial charge is 0.261 e. The predicted molar refractivity (Wildman–Crippen MR) is 58.2 cm³/mol. The Morgan fingerprint density at radius 2 is 2.12 bits per heavy atom. The van der Waals surface area contributed by atoms with Crippen LogP contribution in [0.1, 0.15) is 5.56 Å². The second-order valence-corrected chi connectivity index (χ2v) is 3.28. The Balaban J connectivity index is 2.46. The fourth-order valence-electron chi connectivity index (χ4n) is 1.47. The number of hydrogen-bond acceptors (Lipinski definition) is 5. The first kappa shape index (κ1) is 10.8. The van der Waals surface area contributed by atoms with Gasteiger partial charge in [0.25, 0.3) is 0 Å². The SMILES string of the molecule is N#CCc1cn(CC#N)nc1-c1cnccn1. The Bertz CT molecular complexity index is 587. The average Bonchev–Trinajstić information content (AvgIpc) is 2.74. The van der Waals surface area contributed by atoms with Crippen molar-refractivity contribution in [1.29, 1.82) is 10.5 Å². The standard InChI is InChI=1S/C11H8N6/c12-2-1-9-8-17(6-3-13)16-11(9)10-7-14-4-5-15-10/h4-5,7-8H,1,6H2. The molecule has 6 heteroatoms. The molecule has 0 aliphatic carbocycles. The van der Waals surface area contributed by atoms with Gasteiger partial charge in [0.05, 0.1) is 24.8 Å². The third-order valence-corrected chi connectivity index (χ3v) is 2.15. The van der Waals surface area contributed by atoms with Gasteiger partial charge in [-0.1, -0.05) is 0 Å². The highest BCUT2D eigenvalue weighted by Crippen LogP contribution is 2.19. The summed E-state index contributed by atoms with van der Waals surface area (Å²) in [6.45, 7) is 0.151. The Labute approximate surface area is 97.8 Å². The van der Waals surface area contributed by atoms with E-state index in [2.05, 4.69) is 21.1 Å². The van der Waals surface area contributed by atoms with Crippen LogP contribution in [0, 0.1) is 22.7 Å². The Morgan fingerprint density at radius 1 is 1.24 bits per heavy atom. The molecule has 0 aliphatic heterocycles. The molecule has 0 radical (unpaired) electrons. The topological polar surface area (TPSA) is 91.2 Å². The molecule has 0 atom stereocenters. The van der Waals surface area contributed by atoms with Crippen molar-refractivity contribution < 1.29 is 0 Å². The molecule has 2 aromatic heterocycles. The lowest BCUT2D eigenvalue weighted by Crippen LogP contribution is -1.96. The summed E-state index contributed by atoms with van der Waals surface area (Å²) in [5.41, 5.74) is 1.97. The van der Waals surface area contributed by atoms with Crippen LogP contribution in [0.3, 0.4) is 0 Å². The number of nitrogens with zero attached hydrogens (tertiary/aromatic N) is 6. The van der Waals surface area contributed by atoms with E-state index in [0.717, 1.165) is 5.56 Å². The molecule has 0 N–H and O–H groups in total. The monoisotopic (exact) mass is 224 g/mol. The molecule has 0 saturated heterocycles. The van der Waals surface area contributed by atoms with Gasteiger partial charge >= 0.3 is 0 Å². The maximum absolute atomic E-state index is 8.74. The first-order valence-electron chi connectivity index (χ1n) is 4.91. The first-order valence-corrected chi connectivity index (χ1v) is 4.91. The smallest absolute Gasteiger partial charge is 0.128 e. The number of nitriles is 2. The van der Waals surface area contributed by atoms with E-state index < -0.39 is 0 Å². The van der Waals surface area contributed by atoms with E-state index in [1.807, 2.05) is 6.07 Å². The highest BCUT2D eigenvalue weighted by molar-refractivity contribution is 5.57. The van der Waals surface area contributed by atoms with Crippen molar-refractivity contribution in [3.63, 3.8) is 0 Å². The highest BCUT2D eigenvalue weighted by Gasteiger charge is 2.11. The average molecular weight is 224 g/mol. The van der Waals surface area contributed by atoms with Crippen LogP contribution in [-0.4, -0.2) is 19.7 Å². The van der Waals surface area contributed by atoms with E-state index >= 15 is 0 Å². The van der Waals surface area contributed by atoms with Crippen LogP contribution in [-0.2, 0) is 13.0 Å². The highest BCUT2D eigenvalue weighted by atomic mass is 15.3. The van der Waals surface area contributed by atoms with Crippen molar-refractivity contribution in [2.24, 2.45) is 0 Å². The molecule has 17 heavy (non-hydrogen) atoms. The Kier molecular flexibility index (Phi) is 3.08. The van der Waals surface area contributed by atoms with Crippen LogP contribution < -0.4 is 0 Å². The lowest BCUT2D eigenvalue weighted by atomic mass is 10.1. The summed E-state index contributed by atoms with van der Waals surface area (Å²) in [5, 5.41) is 21.6. The van der Waals surface area contributed by atoms with Gasteiger partial charge in [-0.25, -0.2) is 0 Å². The molecule has 0 aliphatic rings. The second-order valence-electron chi connectivity index (χ2n) is 3.28. The molecular formula is C11H8N6. The van der Waals surface area contributed by atoms with E-state index in [1.165, 1.54) is 4.68 Å². The van der Waals surface area contributed by atoms with Crippen LogP contribution in [0.2, 0.25) is 0 Å². The zero-order chi connectivity index (χ0) is 12.1. The lowest BCUT2D eigenvalue weighted by Gasteiger charge is -1.96. The molecule has 0 unspecified atom stereocenters. The Hall–Kier alpha value is -2.73. The van der Waals surface area contributed by atoms with Crippen molar-refractivity contribution >= 4 is 0 Å². The molecule has 0 bridgehead atoms. The Morgan fingerprint density at radius 3 is 2.76 bits per heavy atom. The molecule has 0 amide bonds. The van der Waals surface area contributed by atoms with E-state index in [-0.39, 0.29) is 13.0 Å². The number of rotatable bonds is 3. The summed E-state index contributed by atoms with van der Waals surface area (Å²) in [7, 11) is 0. The zero-order valence-corrected chi connectivity index (χ0v) is 8.91. The molecule has 0 spiro atoms.